The van der Waals surface area contributed by atoms with Crippen LogP contribution in [0.5, 0.6) is 5.75 Å². The van der Waals surface area contributed by atoms with Crippen molar-refractivity contribution in [3.8, 4) is 5.75 Å². The van der Waals surface area contributed by atoms with E-state index in [0.717, 1.165) is 41.2 Å². The Labute approximate surface area is 172 Å². The zero-order chi connectivity index (χ0) is 18.2. The summed E-state index contributed by atoms with van der Waals surface area (Å²) in [7, 11) is 0. The van der Waals surface area contributed by atoms with Gasteiger partial charge in [0.25, 0.3) is 0 Å². The first-order valence-electron chi connectivity index (χ1n) is 8.55. The molecule has 2 rings (SSSR count). The summed E-state index contributed by atoms with van der Waals surface area (Å²) in [5.74, 6) is 0.871. The van der Waals surface area contributed by atoms with E-state index in [1.807, 2.05) is 32.9 Å². The van der Waals surface area contributed by atoms with Crippen LogP contribution in [0.1, 0.15) is 29.2 Å². The molecule has 0 aliphatic carbocycles. The van der Waals surface area contributed by atoms with Gasteiger partial charge in [-0.15, -0.1) is 24.0 Å². The molecular formula is C20H27FIN3O. The zero-order valence-corrected chi connectivity index (χ0v) is 17.8. The van der Waals surface area contributed by atoms with Gasteiger partial charge in [-0.25, -0.2) is 9.38 Å². The number of aromatic hydroxyl groups is 1. The van der Waals surface area contributed by atoms with Crippen molar-refractivity contribution in [3.63, 3.8) is 0 Å². The summed E-state index contributed by atoms with van der Waals surface area (Å²) in [4.78, 5) is 4.59. The van der Waals surface area contributed by atoms with E-state index in [9.17, 15) is 9.50 Å². The van der Waals surface area contributed by atoms with Gasteiger partial charge in [0, 0.05) is 13.1 Å². The molecule has 0 saturated heterocycles. The minimum Gasteiger partial charge on any atom is -0.507 e. The van der Waals surface area contributed by atoms with Gasteiger partial charge in [-0.2, -0.15) is 0 Å². The van der Waals surface area contributed by atoms with Gasteiger partial charge in [0.1, 0.15) is 11.6 Å². The summed E-state index contributed by atoms with van der Waals surface area (Å²) >= 11 is 0. The highest BCUT2D eigenvalue weighted by Crippen LogP contribution is 2.23. The fourth-order valence-corrected chi connectivity index (χ4v) is 2.63. The highest BCUT2D eigenvalue weighted by molar-refractivity contribution is 14.0. The van der Waals surface area contributed by atoms with E-state index in [4.69, 9.17) is 0 Å². The van der Waals surface area contributed by atoms with Gasteiger partial charge in [0.05, 0.1) is 6.54 Å². The maximum atomic E-state index is 12.9. The molecule has 4 nitrogen and oxygen atoms in total. The Morgan fingerprint density at radius 2 is 1.65 bits per heavy atom. The van der Waals surface area contributed by atoms with E-state index < -0.39 is 0 Å². The van der Waals surface area contributed by atoms with Crippen molar-refractivity contribution in [3.05, 3.63) is 64.5 Å². The van der Waals surface area contributed by atoms with E-state index in [1.54, 1.807) is 12.1 Å². The smallest absolute Gasteiger partial charge is 0.191 e. The lowest BCUT2D eigenvalue weighted by Crippen LogP contribution is -2.38. The fourth-order valence-electron chi connectivity index (χ4n) is 2.63. The number of aliphatic imine (C=N–C) groups is 1. The number of rotatable bonds is 6. The van der Waals surface area contributed by atoms with Crippen LogP contribution >= 0.6 is 24.0 Å². The topological polar surface area (TPSA) is 56.7 Å². The van der Waals surface area contributed by atoms with Crippen molar-refractivity contribution < 1.29 is 9.50 Å². The molecule has 0 fully saturated rings. The van der Waals surface area contributed by atoms with Crippen molar-refractivity contribution in [2.24, 2.45) is 4.99 Å². The Morgan fingerprint density at radius 3 is 2.23 bits per heavy atom. The summed E-state index contributed by atoms with van der Waals surface area (Å²) in [5.41, 5.74) is 3.86. The third-order valence-electron chi connectivity index (χ3n) is 3.93. The van der Waals surface area contributed by atoms with Crippen LogP contribution in [0.4, 0.5) is 4.39 Å². The molecule has 0 atom stereocenters. The highest BCUT2D eigenvalue weighted by atomic mass is 127. The second-order valence-corrected chi connectivity index (χ2v) is 6.08. The van der Waals surface area contributed by atoms with E-state index >= 15 is 0 Å². The fraction of sp³-hybridized carbons (Fsp3) is 0.350. The standard InChI is InChI=1S/C20H26FN3O.HI/c1-4-22-20(23-10-9-16-5-7-18(21)8-6-16)24-13-17-11-14(2)19(25)15(3)12-17;/h5-8,11-12,25H,4,9-10,13H2,1-3H3,(H2,22,23,24);1H. The van der Waals surface area contributed by atoms with Crippen molar-refractivity contribution in [2.75, 3.05) is 13.1 Å². The largest absolute Gasteiger partial charge is 0.507 e. The lowest BCUT2D eigenvalue weighted by molar-refractivity contribution is 0.466. The van der Waals surface area contributed by atoms with Gasteiger partial charge < -0.3 is 15.7 Å². The lowest BCUT2D eigenvalue weighted by atomic mass is 10.1. The second kappa shape index (κ2) is 11.0. The first kappa shape index (κ1) is 22.2. The SMILES string of the molecule is CCNC(=NCc1cc(C)c(O)c(C)c1)NCCc1ccc(F)cc1.I. The predicted octanol–water partition coefficient (Wildman–Crippen LogP) is 4.06. The molecule has 0 aliphatic rings. The van der Waals surface area contributed by atoms with Gasteiger partial charge in [-0.3, -0.25) is 0 Å². The number of halogens is 2. The molecule has 0 saturated carbocycles. The molecule has 3 N–H and O–H groups in total. The van der Waals surface area contributed by atoms with Crippen molar-refractivity contribution >= 4 is 29.9 Å². The highest BCUT2D eigenvalue weighted by Gasteiger charge is 2.04. The molecule has 0 aromatic heterocycles. The third-order valence-corrected chi connectivity index (χ3v) is 3.93. The quantitative estimate of drug-likeness (QED) is 0.339. The summed E-state index contributed by atoms with van der Waals surface area (Å²) in [6.07, 6.45) is 0.794. The molecular weight excluding hydrogens is 444 g/mol. The van der Waals surface area contributed by atoms with Crippen LogP contribution in [0, 0.1) is 19.7 Å². The number of nitrogens with zero attached hydrogens (tertiary/aromatic N) is 1. The average molecular weight is 471 g/mol. The van der Waals surface area contributed by atoms with E-state index in [-0.39, 0.29) is 29.8 Å². The van der Waals surface area contributed by atoms with Crippen LogP contribution in [-0.2, 0) is 13.0 Å². The minimum atomic E-state index is -0.217. The van der Waals surface area contributed by atoms with E-state index in [1.165, 1.54) is 12.1 Å². The first-order valence-corrected chi connectivity index (χ1v) is 8.55. The molecule has 6 heteroatoms. The van der Waals surface area contributed by atoms with Gasteiger partial charge in [-0.05, 0) is 61.6 Å². The van der Waals surface area contributed by atoms with Crippen molar-refractivity contribution in [2.45, 2.75) is 33.7 Å². The van der Waals surface area contributed by atoms with Gasteiger partial charge in [-0.1, -0.05) is 24.3 Å². The number of aryl methyl sites for hydroxylation is 2. The lowest BCUT2D eigenvalue weighted by Gasteiger charge is -2.12. The van der Waals surface area contributed by atoms with Crippen molar-refractivity contribution in [1.29, 1.82) is 0 Å². The molecule has 0 heterocycles. The number of guanidine groups is 1. The Morgan fingerprint density at radius 1 is 1.04 bits per heavy atom. The molecule has 0 radical (unpaired) electrons. The molecule has 0 aliphatic heterocycles. The second-order valence-electron chi connectivity index (χ2n) is 6.08. The van der Waals surface area contributed by atoms with Crippen LogP contribution < -0.4 is 10.6 Å². The normalized spacial score (nSPS) is 11.0. The number of benzene rings is 2. The van der Waals surface area contributed by atoms with E-state index in [2.05, 4.69) is 15.6 Å². The van der Waals surface area contributed by atoms with Crippen LogP contribution in [0.15, 0.2) is 41.4 Å². The van der Waals surface area contributed by atoms with Crippen LogP contribution in [0.2, 0.25) is 0 Å². The molecule has 2 aromatic rings. The molecule has 26 heavy (non-hydrogen) atoms. The minimum absolute atomic E-state index is 0. The Bertz CT molecular complexity index is 709. The van der Waals surface area contributed by atoms with Gasteiger partial charge in [0.15, 0.2) is 5.96 Å². The molecule has 0 unspecified atom stereocenters. The maximum Gasteiger partial charge on any atom is 0.191 e. The number of hydrogen-bond acceptors (Lipinski definition) is 2. The zero-order valence-electron chi connectivity index (χ0n) is 15.5. The first-order chi connectivity index (χ1) is 12.0. The monoisotopic (exact) mass is 471 g/mol. The molecule has 2 aromatic carbocycles. The van der Waals surface area contributed by atoms with Crippen LogP contribution in [0.3, 0.4) is 0 Å². The Balaban J connectivity index is 0.00000338. The van der Waals surface area contributed by atoms with Crippen molar-refractivity contribution in [1.82, 2.24) is 10.6 Å². The van der Waals surface area contributed by atoms with Gasteiger partial charge in [0.2, 0.25) is 0 Å². The number of nitrogens with one attached hydrogen (secondary N) is 2. The average Bonchev–Trinajstić information content (AvgIpc) is 2.59. The van der Waals surface area contributed by atoms with Crippen LogP contribution in [0.25, 0.3) is 0 Å². The summed E-state index contributed by atoms with van der Waals surface area (Å²) in [5, 5.41) is 16.4. The molecule has 0 bridgehead atoms. The molecule has 142 valence electrons. The summed E-state index contributed by atoms with van der Waals surface area (Å²) in [6.45, 7) is 7.82. The number of phenols is 1. The van der Waals surface area contributed by atoms with Gasteiger partial charge >= 0.3 is 0 Å². The molecule has 0 spiro atoms. The molecule has 0 amide bonds. The number of hydrogen-bond donors (Lipinski definition) is 3. The summed E-state index contributed by atoms with van der Waals surface area (Å²) < 4.78 is 12.9. The number of phenolic OH excluding ortho intramolecular Hbond substituents is 1. The maximum absolute atomic E-state index is 12.9. The Hall–Kier alpha value is -1.83. The third kappa shape index (κ3) is 6.82. The predicted molar refractivity (Wildman–Crippen MR) is 116 cm³/mol. The Kier molecular flexibility index (Phi) is 9.40. The van der Waals surface area contributed by atoms with E-state index in [0.29, 0.717) is 18.8 Å². The summed E-state index contributed by atoms with van der Waals surface area (Å²) in [6, 6.07) is 10.4. The van der Waals surface area contributed by atoms with Crippen LogP contribution in [-0.4, -0.2) is 24.2 Å².